The van der Waals surface area contributed by atoms with Crippen molar-refractivity contribution in [2.75, 3.05) is 0 Å². The number of carbonyl (C=O) groups excluding carboxylic acids is 1. The van der Waals surface area contributed by atoms with Crippen LogP contribution >= 0.6 is 0 Å². The molecular formula is C19H35NO. The highest BCUT2D eigenvalue weighted by molar-refractivity contribution is 5.83. The number of hydrogen-bond donors (Lipinski definition) is 1. The lowest BCUT2D eigenvalue weighted by Crippen LogP contribution is -2.61. The molecule has 0 bridgehead atoms. The fourth-order valence-electron chi connectivity index (χ4n) is 4.62. The Morgan fingerprint density at radius 1 is 1.05 bits per heavy atom. The molecule has 0 unspecified atom stereocenters. The number of piperidine rings is 1. The van der Waals surface area contributed by atoms with E-state index in [4.69, 9.17) is 0 Å². The maximum atomic E-state index is 12.5. The normalized spacial score (nSPS) is 33.5. The van der Waals surface area contributed by atoms with E-state index in [-0.39, 0.29) is 5.54 Å². The van der Waals surface area contributed by atoms with Crippen LogP contribution < -0.4 is 5.32 Å². The van der Waals surface area contributed by atoms with E-state index in [0.717, 1.165) is 19.3 Å². The Morgan fingerprint density at radius 2 is 1.81 bits per heavy atom. The predicted molar refractivity (Wildman–Crippen MR) is 89.5 cm³/mol. The number of ketones is 1. The van der Waals surface area contributed by atoms with Crippen molar-refractivity contribution < 1.29 is 4.79 Å². The van der Waals surface area contributed by atoms with Crippen molar-refractivity contribution in [3.05, 3.63) is 0 Å². The Morgan fingerprint density at radius 3 is 2.57 bits per heavy atom. The first kappa shape index (κ1) is 17.0. The molecule has 122 valence electrons. The predicted octanol–water partition coefficient (Wildman–Crippen LogP) is 5.01. The van der Waals surface area contributed by atoms with Gasteiger partial charge in [0.05, 0.1) is 0 Å². The Kier molecular flexibility index (Phi) is 6.73. The Bertz CT molecular complexity index is 324. The van der Waals surface area contributed by atoms with Gasteiger partial charge in [0.1, 0.15) is 5.78 Å². The van der Waals surface area contributed by atoms with E-state index in [1.54, 1.807) is 0 Å². The quantitative estimate of drug-likeness (QED) is 0.669. The summed E-state index contributed by atoms with van der Waals surface area (Å²) in [6.45, 7) is 4.51. The molecule has 21 heavy (non-hydrogen) atoms. The largest absolute Gasteiger partial charge is 0.308 e. The van der Waals surface area contributed by atoms with E-state index in [0.29, 0.717) is 17.7 Å². The van der Waals surface area contributed by atoms with Gasteiger partial charge < -0.3 is 5.32 Å². The van der Waals surface area contributed by atoms with Crippen LogP contribution in [0, 0.1) is 5.92 Å². The van der Waals surface area contributed by atoms with Crippen molar-refractivity contribution in [3.8, 4) is 0 Å². The zero-order chi connectivity index (χ0) is 15.1. The van der Waals surface area contributed by atoms with Gasteiger partial charge in [-0.1, -0.05) is 52.4 Å². The molecule has 0 radical (unpaired) electrons. The lowest BCUT2D eigenvalue weighted by molar-refractivity contribution is -0.129. The van der Waals surface area contributed by atoms with Crippen molar-refractivity contribution in [1.29, 1.82) is 0 Å². The maximum absolute atomic E-state index is 12.5. The molecule has 2 aliphatic rings. The summed E-state index contributed by atoms with van der Waals surface area (Å²) < 4.78 is 0. The molecule has 2 rings (SSSR count). The van der Waals surface area contributed by atoms with Crippen molar-refractivity contribution in [2.45, 2.75) is 109 Å². The van der Waals surface area contributed by atoms with Crippen LogP contribution in [0.2, 0.25) is 0 Å². The van der Waals surface area contributed by atoms with E-state index >= 15 is 0 Å². The van der Waals surface area contributed by atoms with Gasteiger partial charge in [0.25, 0.3) is 0 Å². The van der Waals surface area contributed by atoms with Crippen LogP contribution in [-0.4, -0.2) is 17.4 Å². The monoisotopic (exact) mass is 293 g/mol. The fourth-order valence-corrected chi connectivity index (χ4v) is 4.62. The van der Waals surface area contributed by atoms with Crippen LogP contribution in [-0.2, 0) is 4.79 Å². The second-order valence-corrected chi connectivity index (χ2v) is 7.40. The first-order valence-corrected chi connectivity index (χ1v) is 9.52. The topological polar surface area (TPSA) is 29.1 Å². The number of nitrogens with one attached hydrogen (secondary N) is 1. The number of hydrogen-bond acceptors (Lipinski definition) is 2. The molecule has 3 atom stereocenters. The molecule has 1 N–H and O–H groups in total. The number of rotatable bonds is 7. The Hall–Kier alpha value is -0.370. The van der Waals surface area contributed by atoms with Crippen LogP contribution in [0.1, 0.15) is 97.3 Å². The summed E-state index contributed by atoms with van der Waals surface area (Å²) in [7, 11) is 0. The van der Waals surface area contributed by atoms with Gasteiger partial charge >= 0.3 is 0 Å². The number of carbonyl (C=O) groups is 1. The molecule has 0 aromatic heterocycles. The zero-order valence-electron chi connectivity index (χ0n) is 14.3. The van der Waals surface area contributed by atoms with Crippen molar-refractivity contribution in [3.63, 3.8) is 0 Å². The highest BCUT2D eigenvalue weighted by atomic mass is 16.1. The van der Waals surface area contributed by atoms with Crippen LogP contribution in [0.15, 0.2) is 0 Å². The van der Waals surface area contributed by atoms with E-state index in [1.807, 2.05) is 0 Å². The van der Waals surface area contributed by atoms with Crippen molar-refractivity contribution in [1.82, 2.24) is 5.32 Å². The Labute approximate surface area is 131 Å². The van der Waals surface area contributed by atoms with Crippen molar-refractivity contribution >= 4 is 5.78 Å². The number of Topliss-reactive ketones (excluding diaryl/α,β-unsaturated/α-hetero) is 1. The molecule has 1 heterocycles. The molecule has 0 aromatic rings. The molecule has 2 heteroatoms. The summed E-state index contributed by atoms with van der Waals surface area (Å²) in [5.74, 6) is 0.858. The minimum Gasteiger partial charge on any atom is -0.308 e. The minimum absolute atomic E-state index is 0.166. The second-order valence-electron chi connectivity index (χ2n) is 7.40. The first-order valence-electron chi connectivity index (χ1n) is 9.52. The summed E-state index contributed by atoms with van der Waals surface area (Å²) in [5.41, 5.74) is 0.166. The van der Waals surface area contributed by atoms with Crippen LogP contribution in [0.3, 0.4) is 0 Å². The standard InChI is InChI=1S/C19H35NO/c1-3-5-7-10-16-11-8-14-19(20-16)15-9-13-18(21)17(19)12-6-4-2/h16-17,20H,3-15H2,1-2H3/t16-,17-,19-/m1/s1. The highest BCUT2D eigenvalue weighted by Crippen LogP contribution is 2.41. The third-order valence-electron chi connectivity index (χ3n) is 5.77. The molecule has 1 spiro atoms. The van der Waals surface area contributed by atoms with Gasteiger partial charge in [-0.3, -0.25) is 4.79 Å². The van der Waals surface area contributed by atoms with Gasteiger partial charge in [0, 0.05) is 23.9 Å². The first-order chi connectivity index (χ1) is 10.2. The van der Waals surface area contributed by atoms with E-state index in [9.17, 15) is 4.79 Å². The second kappa shape index (κ2) is 8.31. The third kappa shape index (κ3) is 4.31. The summed E-state index contributed by atoms with van der Waals surface area (Å²) in [5, 5.41) is 4.00. The van der Waals surface area contributed by atoms with Gasteiger partial charge in [-0.2, -0.15) is 0 Å². The summed E-state index contributed by atoms with van der Waals surface area (Å²) in [6.07, 6.45) is 15.9. The van der Waals surface area contributed by atoms with E-state index in [2.05, 4.69) is 19.2 Å². The van der Waals surface area contributed by atoms with Crippen LogP contribution in [0.5, 0.6) is 0 Å². The smallest absolute Gasteiger partial charge is 0.137 e. The maximum Gasteiger partial charge on any atom is 0.137 e. The SMILES string of the molecule is CCCCC[C@@H]1CCC[C@]2(CCCC(=O)[C@H]2CCCC)N1. The van der Waals surface area contributed by atoms with E-state index < -0.39 is 0 Å². The van der Waals surface area contributed by atoms with Crippen LogP contribution in [0.25, 0.3) is 0 Å². The lowest BCUT2D eigenvalue weighted by Gasteiger charge is -2.49. The van der Waals surface area contributed by atoms with Gasteiger partial charge in [-0.25, -0.2) is 0 Å². The molecule has 1 aliphatic heterocycles. The van der Waals surface area contributed by atoms with Gasteiger partial charge in [-0.05, 0) is 38.5 Å². The third-order valence-corrected chi connectivity index (χ3v) is 5.77. The van der Waals surface area contributed by atoms with Gasteiger partial charge in [0.15, 0.2) is 0 Å². The fraction of sp³-hybridized carbons (Fsp3) is 0.947. The Balaban J connectivity index is 2.00. The molecule has 1 aliphatic carbocycles. The average molecular weight is 293 g/mol. The number of unbranched alkanes of at least 4 members (excludes halogenated alkanes) is 3. The molecule has 1 saturated heterocycles. The molecular weight excluding hydrogens is 258 g/mol. The van der Waals surface area contributed by atoms with E-state index in [1.165, 1.54) is 64.2 Å². The lowest BCUT2D eigenvalue weighted by atomic mass is 9.65. The zero-order valence-corrected chi connectivity index (χ0v) is 14.3. The summed E-state index contributed by atoms with van der Waals surface area (Å²) in [4.78, 5) is 12.5. The molecule has 2 fully saturated rings. The average Bonchev–Trinajstić information content (AvgIpc) is 2.47. The van der Waals surface area contributed by atoms with Gasteiger partial charge in [-0.15, -0.1) is 0 Å². The molecule has 0 amide bonds. The highest BCUT2D eigenvalue weighted by Gasteiger charge is 2.46. The molecule has 0 aromatic carbocycles. The molecule has 2 nitrogen and oxygen atoms in total. The minimum atomic E-state index is 0.166. The summed E-state index contributed by atoms with van der Waals surface area (Å²) in [6, 6.07) is 0.667. The van der Waals surface area contributed by atoms with Gasteiger partial charge in [0.2, 0.25) is 0 Å². The summed E-state index contributed by atoms with van der Waals surface area (Å²) >= 11 is 0. The van der Waals surface area contributed by atoms with Crippen molar-refractivity contribution in [2.24, 2.45) is 5.92 Å². The molecule has 1 saturated carbocycles. The van der Waals surface area contributed by atoms with Crippen LogP contribution in [0.4, 0.5) is 0 Å².